The van der Waals surface area contributed by atoms with Gasteiger partial charge >= 0.3 is 0 Å². The molecule has 0 aliphatic carbocycles. The van der Waals surface area contributed by atoms with E-state index in [1.165, 1.54) is 24.5 Å². The molecule has 0 saturated heterocycles. The van der Waals surface area contributed by atoms with Crippen molar-refractivity contribution in [2.24, 2.45) is 0 Å². The summed E-state index contributed by atoms with van der Waals surface area (Å²) in [6.45, 7) is 1.70. The summed E-state index contributed by atoms with van der Waals surface area (Å²) in [5, 5.41) is 0. The minimum atomic E-state index is -0.763. The lowest BCUT2D eigenvalue weighted by Crippen LogP contribution is -2.22. The van der Waals surface area contributed by atoms with E-state index < -0.39 is 17.3 Å². The molecule has 0 fully saturated rings. The first-order valence-electron chi connectivity index (χ1n) is 6.04. The summed E-state index contributed by atoms with van der Waals surface area (Å²) in [6.07, 6.45) is 7.96. The summed E-state index contributed by atoms with van der Waals surface area (Å²) in [7, 11) is 0. The van der Waals surface area contributed by atoms with Gasteiger partial charge < -0.3 is 0 Å². The van der Waals surface area contributed by atoms with Crippen molar-refractivity contribution >= 4 is 5.78 Å². The molecular formula is C15H9F2N3O. The van der Waals surface area contributed by atoms with Crippen molar-refractivity contribution in [2.45, 2.75) is 6.92 Å². The summed E-state index contributed by atoms with van der Waals surface area (Å²) < 4.78 is 30.0. The highest BCUT2D eigenvalue weighted by Gasteiger charge is 2.15. The smallest absolute Gasteiger partial charge is 0.262 e. The molecule has 0 aliphatic rings. The summed E-state index contributed by atoms with van der Waals surface area (Å²) >= 11 is 0. The Morgan fingerprint density at radius 3 is 2.76 bits per heavy atom. The molecule has 3 aromatic rings. The van der Waals surface area contributed by atoms with Crippen molar-refractivity contribution in [3.8, 4) is 18.0 Å². The van der Waals surface area contributed by atoms with Crippen LogP contribution in [0.25, 0.3) is 11.5 Å². The van der Waals surface area contributed by atoms with Crippen LogP contribution >= 0.6 is 0 Å². The standard InChI is InChI=1S/C15H9F2N3O/c1-3-10-7-11(16)12(6-9(10)2)20-14(21)8-13(17)19-5-4-18-15(19)20/h1,4-8H,2H3. The molecule has 4 nitrogen and oxygen atoms in total. The number of rotatable bonds is 1. The van der Waals surface area contributed by atoms with Crippen LogP contribution < -0.4 is 5.56 Å². The third kappa shape index (κ3) is 1.91. The average molecular weight is 285 g/mol. The second-order valence-electron chi connectivity index (χ2n) is 4.50. The molecule has 2 heterocycles. The van der Waals surface area contributed by atoms with Crippen molar-refractivity contribution in [1.82, 2.24) is 14.0 Å². The van der Waals surface area contributed by atoms with E-state index in [9.17, 15) is 13.6 Å². The largest absolute Gasteiger partial charge is 0.269 e. The Hall–Kier alpha value is -2.94. The fourth-order valence-corrected chi connectivity index (χ4v) is 2.18. The molecule has 0 bridgehead atoms. The lowest BCUT2D eigenvalue weighted by molar-refractivity contribution is 0.555. The molecule has 0 atom stereocenters. The molecule has 0 aliphatic heterocycles. The van der Waals surface area contributed by atoms with Crippen LogP contribution in [0.4, 0.5) is 8.78 Å². The van der Waals surface area contributed by atoms with Gasteiger partial charge in [0.05, 0.1) is 11.8 Å². The van der Waals surface area contributed by atoms with Gasteiger partial charge in [-0.1, -0.05) is 5.92 Å². The van der Waals surface area contributed by atoms with Gasteiger partial charge in [-0.3, -0.25) is 9.20 Å². The van der Waals surface area contributed by atoms with Crippen molar-refractivity contribution in [2.75, 3.05) is 0 Å². The molecule has 6 heteroatoms. The SMILES string of the molecule is C#Cc1cc(F)c(-n2c(=O)cc(F)n3ccnc23)cc1C. The second-order valence-corrected chi connectivity index (χ2v) is 4.50. The Kier molecular flexibility index (Phi) is 2.84. The van der Waals surface area contributed by atoms with E-state index >= 15 is 0 Å². The number of halogens is 2. The number of hydrogen-bond acceptors (Lipinski definition) is 2. The summed E-state index contributed by atoms with van der Waals surface area (Å²) in [6, 6.07) is 3.39. The Morgan fingerprint density at radius 1 is 1.29 bits per heavy atom. The van der Waals surface area contributed by atoms with Gasteiger partial charge in [-0.15, -0.1) is 6.42 Å². The van der Waals surface area contributed by atoms with Gasteiger partial charge in [0.15, 0.2) is 0 Å². The van der Waals surface area contributed by atoms with Gasteiger partial charge in [0, 0.05) is 18.0 Å². The number of imidazole rings is 1. The van der Waals surface area contributed by atoms with E-state index in [2.05, 4.69) is 10.9 Å². The minimum absolute atomic E-state index is 0.00763. The Balaban J connectivity index is 2.42. The van der Waals surface area contributed by atoms with Gasteiger partial charge in [0.1, 0.15) is 5.82 Å². The van der Waals surface area contributed by atoms with E-state index in [0.29, 0.717) is 11.1 Å². The number of terminal acetylenes is 1. The normalized spacial score (nSPS) is 10.8. The highest BCUT2D eigenvalue weighted by Crippen LogP contribution is 2.19. The maximum Gasteiger partial charge on any atom is 0.262 e. The zero-order chi connectivity index (χ0) is 15.1. The van der Waals surface area contributed by atoms with Gasteiger partial charge in [-0.25, -0.2) is 13.9 Å². The number of fused-ring (bicyclic) bond motifs is 1. The molecule has 0 radical (unpaired) electrons. The molecule has 0 N–H and O–H groups in total. The first-order valence-corrected chi connectivity index (χ1v) is 6.04. The molecule has 0 unspecified atom stereocenters. The quantitative estimate of drug-likeness (QED) is 0.507. The molecule has 1 aromatic carbocycles. The molecule has 0 saturated carbocycles. The van der Waals surface area contributed by atoms with E-state index in [1.54, 1.807) is 6.92 Å². The van der Waals surface area contributed by atoms with E-state index in [4.69, 9.17) is 6.42 Å². The van der Waals surface area contributed by atoms with Crippen LogP contribution in [0.15, 0.2) is 35.4 Å². The number of nitrogens with zero attached hydrogens (tertiary/aromatic N) is 3. The molecule has 2 aromatic heterocycles. The van der Waals surface area contributed by atoms with Crippen LogP contribution in [-0.4, -0.2) is 14.0 Å². The predicted octanol–water partition coefficient (Wildman–Crippen LogP) is 2.05. The first-order chi connectivity index (χ1) is 10.0. The summed E-state index contributed by atoms with van der Waals surface area (Å²) in [4.78, 5) is 15.9. The van der Waals surface area contributed by atoms with E-state index in [0.717, 1.165) is 15.0 Å². The maximum absolute atomic E-state index is 14.2. The highest BCUT2D eigenvalue weighted by atomic mass is 19.1. The van der Waals surface area contributed by atoms with Crippen molar-refractivity contribution in [3.63, 3.8) is 0 Å². The molecule has 0 amide bonds. The van der Waals surface area contributed by atoms with Gasteiger partial charge in [0.2, 0.25) is 11.7 Å². The molecule has 0 spiro atoms. The zero-order valence-electron chi connectivity index (χ0n) is 11.0. The zero-order valence-corrected chi connectivity index (χ0v) is 11.0. The Bertz CT molecular complexity index is 963. The van der Waals surface area contributed by atoms with Crippen LogP contribution in [0, 0.1) is 31.0 Å². The molecular weight excluding hydrogens is 276 g/mol. The number of aromatic nitrogens is 3. The number of benzene rings is 1. The monoisotopic (exact) mass is 285 g/mol. The molecule has 104 valence electrons. The lowest BCUT2D eigenvalue weighted by atomic mass is 10.1. The summed E-state index contributed by atoms with van der Waals surface area (Å²) in [5.41, 5.74) is 0.297. The third-order valence-electron chi connectivity index (χ3n) is 3.20. The van der Waals surface area contributed by atoms with Gasteiger partial charge in [-0.05, 0) is 24.6 Å². The highest BCUT2D eigenvalue weighted by molar-refractivity contribution is 5.51. The number of aryl methyl sites for hydroxylation is 1. The van der Waals surface area contributed by atoms with Gasteiger partial charge in [0.25, 0.3) is 5.56 Å². The topological polar surface area (TPSA) is 39.3 Å². The van der Waals surface area contributed by atoms with Crippen LogP contribution in [0.1, 0.15) is 11.1 Å². The number of hydrogen-bond donors (Lipinski definition) is 0. The molecule has 3 rings (SSSR count). The Morgan fingerprint density at radius 2 is 2.05 bits per heavy atom. The Labute approximate surface area is 118 Å². The maximum atomic E-state index is 14.2. The summed E-state index contributed by atoms with van der Waals surface area (Å²) in [5.74, 6) is 0.918. The van der Waals surface area contributed by atoms with Gasteiger partial charge in [-0.2, -0.15) is 4.39 Å². The van der Waals surface area contributed by atoms with Crippen molar-refractivity contribution in [3.05, 3.63) is 63.8 Å². The van der Waals surface area contributed by atoms with Crippen LogP contribution in [0.5, 0.6) is 0 Å². The first kappa shape index (κ1) is 13.1. The van der Waals surface area contributed by atoms with Crippen molar-refractivity contribution < 1.29 is 8.78 Å². The average Bonchev–Trinajstić information content (AvgIpc) is 2.91. The van der Waals surface area contributed by atoms with Crippen molar-refractivity contribution in [1.29, 1.82) is 0 Å². The van der Waals surface area contributed by atoms with Crippen LogP contribution in [-0.2, 0) is 0 Å². The van der Waals surface area contributed by atoms with E-state index in [-0.39, 0.29) is 11.5 Å². The predicted molar refractivity (Wildman–Crippen MR) is 73.4 cm³/mol. The third-order valence-corrected chi connectivity index (χ3v) is 3.20. The second kappa shape index (κ2) is 4.56. The fraction of sp³-hybridized carbons (Fsp3) is 0.0667. The minimum Gasteiger partial charge on any atom is -0.269 e. The van der Waals surface area contributed by atoms with Crippen LogP contribution in [0.3, 0.4) is 0 Å². The molecule has 21 heavy (non-hydrogen) atoms. The van der Waals surface area contributed by atoms with Crippen LogP contribution in [0.2, 0.25) is 0 Å². The lowest BCUT2D eigenvalue weighted by Gasteiger charge is -2.11. The van der Waals surface area contributed by atoms with E-state index in [1.807, 2.05) is 0 Å². The fourth-order valence-electron chi connectivity index (χ4n) is 2.18.